The van der Waals surface area contributed by atoms with Crippen LogP contribution in [0.25, 0.3) is 6.08 Å². The number of benzene rings is 5. The average Bonchev–Trinajstić information content (AvgIpc) is 3.06. The highest BCUT2D eigenvalue weighted by Gasteiger charge is 2.15. The van der Waals surface area contributed by atoms with Crippen molar-refractivity contribution in [2.24, 2.45) is 0 Å². The fourth-order valence-electron chi connectivity index (χ4n) is 4.61. The number of aryl methyl sites for hydroxylation is 2. The van der Waals surface area contributed by atoms with E-state index in [1.807, 2.05) is 44.2 Å². The monoisotopic (exact) mass is 661 g/mol. The van der Waals surface area contributed by atoms with Crippen molar-refractivity contribution in [3.63, 3.8) is 0 Å². The predicted molar refractivity (Wildman–Crippen MR) is 190 cm³/mol. The average molecular weight is 662 g/mol. The van der Waals surface area contributed by atoms with Crippen LogP contribution < -0.4 is 20.7 Å². The molecule has 0 radical (unpaired) electrons. The molecule has 0 aliphatic carbocycles. The first-order valence-corrected chi connectivity index (χ1v) is 16.1. The largest absolute Gasteiger partial charge is 0.457 e. The van der Waals surface area contributed by atoms with Crippen LogP contribution in [0.3, 0.4) is 0 Å². The Labute approximate surface area is 283 Å². The Hall–Kier alpha value is -5.31. The maximum atomic E-state index is 13.5. The van der Waals surface area contributed by atoms with Crippen molar-refractivity contribution in [2.75, 3.05) is 16.4 Å². The van der Waals surface area contributed by atoms with Crippen LogP contribution in [0.2, 0.25) is 5.02 Å². The molecule has 3 amide bonds. The zero-order valence-corrected chi connectivity index (χ0v) is 27.3. The summed E-state index contributed by atoms with van der Waals surface area (Å²) in [7, 11) is 0. The molecule has 9 heteroatoms. The third-order valence-corrected chi connectivity index (χ3v) is 8.02. The van der Waals surface area contributed by atoms with E-state index in [1.165, 1.54) is 11.8 Å². The number of anilines is 2. The number of halogens is 1. The summed E-state index contributed by atoms with van der Waals surface area (Å²) >= 11 is 7.35. The van der Waals surface area contributed by atoms with Crippen molar-refractivity contribution in [3.05, 3.63) is 154 Å². The third-order valence-electron chi connectivity index (χ3n) is 6.76. The number of ether oxygens (including phenoxy) is 1. The quantitative estimate of drug-likeness (QED) is 0.0971. The maximum Gasteiger partial charge on any atom is 0.272 e. The maximum absolute atomic E-state index is 13.5. The van der Waals surface area contributed by atoms with Crippen molar-refractivity contribution in [3.8, 4) is 11.5 Å². The molecule has 0 aliphatic rings. The van der Waals surface area contributed by atoms with Gasteiger partial charge in [0.15, 0.2) is 0 Å². The summed E-state index contributed by atoms with van der Waals surface area (Å²) < 4.78 is 5.87. The number of thioether (sulfide) groups is 1. The summed E-state index contributed by atoms with van der Waals surface area (Å²) in [6.07, 6.45) is 1.60. The van der Waals surface area contributed by atoms with Crippen molar-refractivity contribution >= 4 is 58.5 Å². The second-order valence-electron chi connectivity index (χ2n) is 10.7. The second-order valence-corrected chi connectivity index (χ2v) is 12.2. The predicted octanol–water partition coefficient (Wildman–Crippen LogP) is 8.89. The van der Waals surface area contributed by atoms with Crippen LogP contribution in [0.4, 0.5) is 11.4 Å². The van der Waals surface area contributed by atoms with E-state index in [0.717, 1.165) is 21.7 Å². The summed E-state index contributed by atoms with van der Waals surface area (Å²) in [5, 5.41) is 9.16. The van der Waals surface area contributed by atoms with E-state index < -0.39 is 11.8 Å². The number of carbonyl (C=O) groups excluding carboxylic acids is 3. The minimum absolute atomic E-state index is 0.0618. The summed E-state index contributed by atoms with van der Waals surface area (Å²) in [5.41, 5.74) is 4.63. The van der Waals surface area contributed by atoms with Crippen LogP contribution in [0.5, 0.6) is 11.5 Å². The highest BCUT2D eigenvalue weighted by atomic mass is 35.5. The van der Waals surface area contributed by atoms with Gasteiger partial charge in [0.25, 0.3) is 11.8 Å². The van der Waals surface area contributed by atoms with E-state index in [2.05, 4.69) is 22.0 Å². The Morgan fingerprint density at radius 1 is 0.723 bits per heavy atom. The van der Waals surface area contributed by atoms with E-state index in [-0.39, 0.29) is 17.4 Å². The van der Waals surface area contributed by atoms with Crippen molar-refractivity contribution in [1.29, 1.82) is 0 Å². The minimum Gasteiger partial charge on any atom is -0.457 e. The molecule has 0 aromatic heterocycles. The van der Waals surface area contributed by atoms with Gasteiger partial charge < -0.3 is 20.7 Å². The molecule has 0 aliphatic heterocycles. The van der Waals surface area contributed by atoms with Crippen molar-refractivity contribution < 1.29 is 19.1 Å². The lowest BCUT2D eigenvalue weighted by Crippen LogP contribution is -2.30. The lowest BCUT2D eigenvalue weighted by molar-refractivity contribution is -0.114. The van der Waals surface area contributed by atoms with Gasteiger partial charge in [0.1, 0.15) is 17.2 Å². The van der Waals surface area contributed by atoms with Gasteiger partial charge in [-0.15, -0.1) is 11.8 Å². The van der Waals surface area contributed by atoms with E-state index in [0.29, 0.717) is 33.3 Å². The van der Waals surface area contributed by atoms with Crippen LogP contribution in [0.15, 0.2) is 132 Å². The Balaban J connectivity index is 1.24. The zero-order valence-electron chi connectivity index (χ0n) is 25.8. The zero-order chi connectivity index (χ0) is 33.2. The molecule has 0 unspecified atom stereocenters. The second kappa shape index (κ2) is 15.8. The standard InChI is InChI=1S/C38H32ClN3O4S/c1-25-20-26(2)22-31(21-25)40-36(43)24-47-34-18-12-30(13-19-34)41-38(45)35(42-37(44)28-6-4-3-5-7-28)23-27-8-14-32(15-9-27)46-33-16-10-29(39)11-17-33/h3-23H,24H2,1-2H3,(H,40,43)(H,41,45)(H,42,44). The van der Waals surface area contributed by atoms with Gasteiger partial charge in [-0.25, -0.2) is 0 Å². The molecule has 0 bridgehead atoms. The van der Waals surface area contributed by atoms with E-state index >= 15 is 0 Å². The highest BCUT2D eigenvalue weighted by Crippen LogP contribution is 2.25. The Morgan fingerprint density at radius 2 is 1.34 bits per heavy atom. The third kappa shape index (κ3) is 10.1. The van der Waals surface area contributed by atoms with Crippen molar-refractivity contribution in [2.45, 2.75) is 18.7 Å². The van der Waals surface area contributed by atoms with Gasteiger partial charge in [0, 0.05) is 26.9 Å². The van der Waals surface area contributed by atoms with Gasteiger partial charge in [0.2, 0.25) is 5.91 Å². The molecule has 0 atom stereocenters. The number of nitrogens with one attached hydrogen (secondary N) is 3. The fraction of sp³-hybridized carbons (Fsp3) is 0.0789. The molecule has 0 spiro atoms. The van der Waals surface area contributed by atoms with Crippen LogP contribution in [0, 0.1) is 13.8 Å². The van der Waals surface area contributed by atoms with Crippen LogP contribution in [-0.4, -0.2) is 23.5 Å². The van der Waals surface area contributed by atoms with E-state index in [4.69, 9.17) is 16.3 Å². The Kier molecular flexibility index (Phi) is 11.1. The fourth-order valence-corrected chi connectivity index (χ4v) is 5.43. The molecule has 0 heterocycles. The normalized spacial score (nSPS) is 11.0. The molecular weight excluding hydrogens is 630 g/mol. The first kappa shape index (κ1) is 33.1. The molecule has 0 saturated heterocycles. The molecular formula is C38H32ClN3O4S. The number of hydrogen-bond acceptors (Lipinski definition) is 5. The molecule has 5 rings (SSSR count). The molecule has 236 valence electrons. The van der Waals surface area contributed by atoms with Crippen LogP contribution in [0.1, 0.15) is 27.0 Å². The van der Waals surface area contributed by atoms with Crippen LogP contribution >= 0.6 is 23.4 Å². The van der Waals surface area contributed by atoms with Gasteiger partial charge in [-0.1, -0.05) is 48.0 Å². The number of amides is 3. The molecule has 47 heavy (non-hydrogen) atoms. The lowest BCUT2D eigenvalue weighted by atomic mass is 10.1. The highest BCUT2D eigenvalue weighted by molar-refractivity contribution is 8.00. The van der Waals surface area contributed by atoms with Gasteiger partial charge in [-0.05, 0) is 122 Å². The van der Waals surface area contributed by atoms with Gasteiger partial charge in [0.05, 0.1) is 5.75 Å². The van der Waals surface area contributed by atoms with Crippen molar-refractivity contribution in [1.82, 2.24) is 5.32 Å². The van der Waals surface area contributed by atoms with E-state index in [9.17, 15) is 14.4 Å². The summed E-state index contributed by atoms with van der Waals surface area (Å²) in [4.78, 5) is 39.8. The van der Waals surface area contributed by atoms with Gasteiger partial charge >= 0.3 is 0 Å². The number of rotatable bonds is 11. The van der Waals surface area contributed by atoms with E-state index in [1.54, 1.807) is 91.0 Å². The Bertz CT molecular complexity index is 1870. The lowest BCUT2D eigenvalue weighted by Gasteiger charge is -2.12. The molecule has 5 aromatic carbocycles. The first-order chi connectivity index (χ1) is 22.7. The van der Waals surface area contributed by atoms with Gasteiger partial charge in [-0.3, -0.25) is 14.4 Å². The summed E-state index contributed by atoms with van der Waals surface area (Å²) in [6, 6.07) is 35.9. The number of hydrogen-bond donors (Lipinski definition) is 3. The minimum atomic E-state index is -0.496. The summed E-state index contributed by atoms with van der Waals surface area (Å²) in [5.74, 6) is 0.457. The first-order valence-electron chi connectivity index (χ1n) is 14.7. The molecule has 5 aromatic rings. The van der Waals surface area contributed by atoms with Crippen LogP contribution in [-0.2, 0) is 9.59 Å². The molecule has 0 saturated carbocycles. The number of carbonyl (C=O) groups is 3. The summed E-state index contributed by atoms with van der Waals surface area (Å²) in [6.45, 7) is 3.98. The topological polar surface area (TPSA) is 96.5 Å². The Morgan fingerprint density at radius 3 is 1.98 bits per heavy atom. The molecule has 3 N–H and O–H groups in total. The molecule has 0 fully saturated rings. The van der Waals surface area contributed by atoms with Gasteiger partial charge in [-0.2, -0.15) is 0 Å². The smallest absolute Gasteiger partial charge is 0.272 e. The molecule has 7 nitrogen and oxygen atoms in total. The SMILES string of the molecule is Cc1cc(C)cc(NC(=O)CSc2ccc(NC(=O)C(=Cc3ccc(Oc4ccc(Cl)cc4)cc3)NC(=O)c3ccccc3)cc2)c1.